The van der Waals surface area contributed by atoms with Gasteiger partial charge in [-0.3, -0.25) is 4.79 Å². The van der Waals surface area contributed by atoms with E-state index in [-0.39, 0.29) is 18.2 Å². The minimum Gasteiger partial charge on any atom is -0.483 e. The van der Waals surface area contributed by atoms with Crippen LogP contribution >= 0.6 is 15.9 Å². The number of ether oxygens (including phenoxy) is 1. The summed E-state index contributed by atoms with van der Waals surface area (Å²) in [6.45, 7) is -0.102. The van der Waals surface area contributed by atoms with Crippen LogP contribution in [0.1, 0.15) is 10.6 Å². The van der Waals surface area contributed by atoms with E-state index in [2.05, 4.69) is 26.4 Å². The van der Waals surface area contributed by atoms with E-state index in [0.29, 0.717) is 16.1 Å². The lowest BCUT2D eigenvalue weighted by Crippen LogP contribution is -2.21. The van der Waals surface area contributed by atoms with E-state index < -0.39 is 5.91 Å². The number of carbonyl (C=O) groups is 1. The first kappa shape index (κ1) is 14.9. The number of rotatable bonds is 5. The number of amidine groups is 1. The predicted molar refractivity (Wildman–Crippen MR) is 79.7 cm³/mol. The van der Waals surface area contributed by atoms with Crippen molar-refractivity contribution in [3.63, 3.8) is 0 Å². The maximum absolute atomic E-state index is 12.0. The van der Waals surface area contributed by atoms with E-state index in [0.717, 1.165) is 0 Å². The third-order valence-electron chi connectivity index (χ3n) is 2.44. The van der Waals surface area contributed by atoms with Crippen molar-refractivity contribution in [3.8, 4) is 5.75 Å². The van der Waals surface area contributed by atoms with Gasteiger partial charge in [0.1, 0.15) is 12.4 Å². The normalized spacial score (nSPS) is 11.2. The molecule has 2 aromatic rings. The van der Waals surface area contributed by atoms with Crippen LogP contribution in [0.3, 0.4) is 0 Å². The molecule has 1 amide bonds. The highest BCUT2D eigenvalue weighted by molar-refractivity contribution is 9.10. The van der Waals surface area contributed by atoms with Gasteiger partial charge in [0.2, 0.25) is 0 Å². The lowest BCUT2D eigenvalue weighted by Gasteiger charge is -2.11. The summed E-state index contributed by atoms with van der Waals surface area (Å²) in [6.07, 6.45) is 0. The number of para-hydroxylation sites is 2. The van der Waals surface area contributed by atoms with Crippen LogP contribution in [0.4, 0.5) is 5.69 Å². The Kier molecular flexibility index (Phi) is 4.83. The molecule has 0 fully saturated rings. The van der Waals surface area contributed by atoms with E-state index >= 15 is 0 Å². The fraction of sp³-hybridized carbons (Fsp3) is 0.0769. The Balaban J connectivity index is 2.11. The number of benzene rings is 1. The second-order valence-corrected chi connectivity index (χ2v) is 4.72. The third kappa shape index (κ3) is 3.99. The molecule has 0 atom stereocenters. The fourth-order valence-corrected chi connectivity index (χ4v) is 1.80. The van der Waals surface area contributed by atoms with Crippen molar-refractivity contribution in [2.75, 3.05) is 11.9 Å². The van der Waals surface area contributed by atoms with Crippen LogP contribution in [0.5, 0.6) is 5.75 Å². The van der Waals surface area contributed by atoms with Crippen LogP contribution in [0.15, 0.2) is 50.6 Å². The summed E-state index contributed by atoms with van der Waals surface area (Å²) >= 11 is 3.13. The number of amides is 1. The summed E-state index contributed by atoms with van der Waals surface area (Å²) in [4.78, 5) is 12.0. The Morgan fingerprint density at radius 3 is 2.81 bits per heavy atom. The van der Waals surface area contributed by atoms with E-state index in [1.54, 1.807) is 36.4 Å². The van der Waals surface area contributed by atoms with E-state index in [9.17, 15) is 4.79 Å². The first-order valence-electron chi connectivity index (χ1n) is 5.85. The number of nitrogens with one attached hydrogen (secondary N) is 1. The Morgan fingerprint density at radius 1 is 1.38 bits per heavy atom. The molecule has 0 aliphatic rings. The summed E-state index contributed by atoms with van der Waals surface area (Å²) < 4.78 is 11.0. The number of oxime groups is 1. The minimum absolute atomic E-state index is 0.0777. The molecule has 0 radical (unpaired) electrons. The van der Waals surface area contributed by atoms with E-state index in [4.69, 9.17) is 20.1 Å². The molecule has 0 saturated heterocycles. The van der Waals surface area contributed by atoms with Crippen LogP contribution in [0.25, 0.3) is 0 Å². The second-order valence-electron chi connectivity index (χ2n) is 3.93. The van der Waals surface area contributed by atoms with Gasteiger partial charge in [-0.2, -0.15) is 0 Å². The number of nitrogens with zero attached hydrogens (tertiary/aromatic N) is 1. The summed E-state index contributed by atoms with van der Waals surface area (Å²) in [5.74, 6) is 0.0582. The van der Waals surface area contributed by atoms with Gasteiger partial charge in [-0.1, -0.05) is 17.3 Å². The van der Waals surface area contributed by atoms with Gasteiger partial charge in [0.05, 0.1) is 5.69 Å². The van der Waals surface area contributed by atoms with Crippen LogP contribution in [-0.4, -0.2) is 23.6 Å². The number of halogens is 1. The van der Waals surface area contributed by atoms with Gasteiger partial charge in [-0.15, -0.1) is 0 Å². The molecule has 110 valence electrons. The summed E-state index contributed by atoms with van der Waals surface area (Å²) in [5, 5.41) is 13.9. The van der Waals surface area contributed by atoms with Crippen molar-refractivity contribution >= 4 is 33.4 Å². The molecule has 8 heteroatoms. The fourth-order valence-electron chi connectivity index (χ4n) is 1.50. The number of hydrogen-bond donors (Lipinski definition) is 3. The topological polar surface area (TPSA) is 110 Å². The SMILES string of the molecule is N/C(COc1ccccc1NC(=O)c1ccc(Br)o1)=N\O. The Labute approximate surface area is 128 Å². The molecule has 1 aromatic heterocycles. The standard InChI is InChI=1S/C13H12BrN3O4/c14-11-6-5-10(21-11)13(18)16-8-3-1-2-4-9(8)20-7-12(15)17-19/h1-6,19H,7H2,(H2,15,17)(H,16,18). The minimum atomic E-state index is -0.416. The smallest absolute Gasteiger partial charge is 0.291 e. The number of anilines is 1. The molecule has 4 N–H and O–H groups in total. The first-order valence-corrected chi connectivity index (χ1v) is 6.64. The largest absolute Gasteiger partial charge is 0.483 e. The van der Waals surface area contributed by atoms with Gasteiger partial charge in [-0.05, 0) is 40.2 Å². The number of hydrogen-bond acceptors (Lipinski definition) is 5. The molecule has 0 aliphatic heterocycles. The van der Waals surface area contributed by atoms with Crippen molar-refractivity contribution in [1.82, 2.24) is 0 Å². The summed E-state index contributed by atoms with van der Waals surface area (Å²) in [7, 11) is 0. The molecule has 0 aliphatic carbocycles. The van der Waals surface area contributed by atoms with Crippen molar-refractivity contribution in [3.05, 3.63) is 46.8 Å². The summed E-state index contributed by atoms with van der Waals surface area (Å²) in [5.41, 5.74) is 5.78. The lowest BCUT2D eigenvalue weighted by atomic mass is 10.3. The zero-order chi connectivity index (χ0) is 15.2. The Bertz CT molecular complexity index is 669. The lowest BCUT2D eigenvalue weighted by molar-refractivity contribution is 0.0995. The molecule has 21 heavy (non-hydrogen) atoms. The van der Waals surface area contributed by atoms with Crippen LogP contribution in [0.2, 0.25) is 0 Å². The average Bonchev–Trinajstić information content (AvgIpc) is 2.92. The monoisotopic (exact) mass is 353 g/mol. The van der Waals surface area contributed by atoms with Crippen molar-refractivity contribution in [2.45, 2.75) is 0 Å². The molecule has 7 nitrogen and oxygen atoms in total. The second kappa shape index (κ2) is 6.80. The molecular weight excluding hydrogens is 342 g/mol. The van der Waals surface area contributed by atoms with Gasteiger partial charge >= 0.3 is 0 Å². The highest BCUT2D eigenvalue weighted by atomic mass is 79.9. The summed E-state index contributed by atoms with van der Waals surface area (Å²) in [6, 6.07) is 9.95. The van der Waals surface area contributed by atoms with Gasteiger partial charge in [-0.25, -0.2) is 0 Å². The Morgan fingerprint density at radius 2 is 2.14 bits per heavy atom. The van der Waals surface area contributed by atoms with E-state index in [1.807, 2.05) is 0 Å². The quantitative estimate of drug-likeness (QED) is 0.331. The zero-order valence-electron chi connectivity index (χ0n) is 10.7. The molecule has 0 bridgehead atoms. The van der Waals surface area contributed by atoms with E-state index in [1.165, 1.54) is 0 Å². The van der Waals surface area contributed by atoms with Gasteiger partial charge in [0, 0.05) is 0 Å². The molecule has 1 heterocycles. The van der Waals surface area contributed by atoms with Crippen molar-refractivity contribution in [2.24, 2.45) is 10.9 Å². The van der Waals surface area contributed by atoms with Gasteiger partial charge in [0.15, 0.2) is 16.3 Å². The van der Waals surface area contributed by atoms with Crippen molar-refractivity contribution in [1.29, 1.82) is 0 Å². The molecule has 0 spiro atoms. The average molecular weight is 354 g/mol. The third-order valence-corrected chi connectivity index (χ3v) is 2.86. The maximum atomic E-state index is 12.0. The first-order chi connectivity index (χ1) is 10.1. The van der Waals surface area contributed by atoms with Crippen LogP contribution < -0.4 is 15.8 Å². The maximum Gasteiger partial charge on any atom is 0.291 e. The number of carbonyl (C=O) groups excluding carboxylic acids is 1. The van der Waals surface area contributed by atoms with Crippen LogP contribution in [0, 0.1) is 0 Å². The van der Waals surface area contributed by atoms with Gasteiger partial charge < -0.3 is 25.4 Å². The zero-order valence-corrected chi connectivity index (χ0v) is 12.3. The Hall–Kier alpha value is -2.48. The highest BCUT2D eigenvalue weighted by Crippen LogP contribution is 2.25. The molecule has 2 rings (SSSR count). The molecule has 1 aromatic carbocycles. The number of furan rings is 1. The van der Waals surface area contributed by atoms with Crippen LogP contribution in [-0.2, 0) is 0 Å². The highest BCUT2D eigenvalue weighted by Gasteiger charge is 2.13. The predicted octanol–water partition coefficient (Wildman–Crippen LogP) is 2.42. The molecule has 0 saturated carbocycles. The number of nitrogens with two attached hydrogens (primary N) is 1. The molecule has 0 unspecified atom stereocenters. The van der Waals surface area contributed by atoms with Crippen molar-refractivity contribution < 1.29 is 19.2 Å². The molecular formula is C13H12BrN3O4. The van der Waals surface area contributed by atoms with Gasteiger partial charge in [0.25, 0.3) is 5.91 Å².